The molecule has 1 atom stereocenters. The molecule has 0 radical (unpaired) electrons. The molecule has 0 bridgehead atoms. The Morgan fingerprint density at radius 3 is 2.05 bits per heavy atom. The highest BCUT2D eigenvalue weighted by Gasteiger charge is 2.31. The number of halogens is 3. The maximum absolute atomic E-state index is 12.8. The van der Waals surface area contributed by atoms with Crippen molar-refractivity contribution in [3.05, 3.63) is 89.5 Å². The normalized spacial score (nSPS) is 13.1. The SMILES string of the molecule is O=C(O)CC[C@H](NC(=O)OCC1c2ccccc2-c2ccccc21)C(=O)NCc1ccc(OC(F)(F)F)cc1. The maximum atomic E-state index is 12.8. The number of carboxylic acid groups (broad SMARTS) is 1. The van der Waals surface area contributed by atoms with Crippen LogP contribution in [0.15, 0.2) is 72.8 Å². The highest BCUT2D eigenvalue weighted by molar-refractivity contribution is 5.86. The first kappa shape index (κ1) is 27.5. The van der Waals surface area contributed by atoms with E-state index in [1.54, 1.807) is 0 Å². The molecule has 0 aliphatic heterocycles. The summed E-state index contributed by atoms with van der Waals surface area (Å²) in [5.74, 6) is -2.42. The number of carbonyl (C=O) groups is 3. The van der Waals surface area contributed by atoms with Gasteiger partial charge >= 0.3 is 18.4 Å². The van der Waals surface area contributed by atoms with Gasteiger partial charge in [-0.05, 0) is 46.4 Å². The summed E-state index contributed by atoms with van der Waals surface area (Å²) >= 11 is 0. The smallest absolute Gasteiger partial charge is 0.481 e. The van der Waals surface area contributed by atoms with Crippen molar-refractivity contribution in [1.82, 2.24) is 10.6 Å². The molecule has 204 valence electrons. The fraction of sp³-hybridized carbons (Fsp3) is 0.250. The minimum atomic E-state index is -4.82. The van der Waals surface area contributed by atoms with Gasteiger partial charge in [0, 0.05) is 18.9 Å². The number of fused-ring (bicyclic) bond motifs is 3. The van der Waals surface area contributed by atoms with Gasteiger partial charge in [-0.1, -0.05) is 60.7 Å². The lowest BCUT2D eigenvalue weighted by Crippen LogP contribution is -2.47. The van der Waals surface area contributed by atoms with E-state index >= 15 is 0 Å². The van der Waals surface area contributed by atoms with Gasteiger partial charge < -0.3 is 25.2 Å². The minimum absolute atomic E-state index is 0.0134. The third-order valence-corrected chi connectivity index (χ3v) is 6.22. The van der Waals surface area contributed by atoms with Gasteiger partial charge in [0.1, 0.15) is 18.4 Å². The predicted molar refractivity (Wildman–Crippen MR) is 134 cm³/mol. The molecule has 0 aromatic heterocycles. The Morgan fingerprint density at radius 2 is 1.49 bits per heavy atom. The van der Waals surface area contributed by atoms with Crippen LogP contribution in [0.3, 0.4) is 0 Å². The lowest BCUT2D eigenvalue weighted by Gasteiger charge is -2.19. The predicted octanol–water partition coefficient (Wildman–Crippen LogP) is 4.97. The molecule has 1 aliphatic carbocycles. The topological polar surface area (TPSA) is 114 Å². The monoisotopic (exact) mass is 542 g/mol. The van der Waals surface area contributed by atoms with Crippen molar-refractivity contribution in [2.24, 2.45) is 0 Å². The summed E-state index contributed by atoms with van der Waals surface area (Å²) in [7, 11) is 0. The first-order valence-electron chi connectivity index (χ1n) is 12.1. The van der Waals surface area contributed by atoms with Crippen molar-refractivity contribution < 1.29 is 42.1 Å². The van der Waals surface area contributed by atoms with Gasteiger partial charge in [-0.2, -0.15) is 0 Å². The third kappa shape index (κ3) is 7.28. The van der Waals surface area contributed by atoms with Gasteiger partial charge in [0.25, 0.3) is 0 Å². The second-order valence-electron chi connectivity index (χ2n) is 8.86. The van der Waals surface area contributed by atoms with E-state index in [4.69, 9.17) is 9.84 Å². The highest BCUT2D eigenvalue weighted by Crippen LogP contribution is 2.44. The molecule has 0 saturated carbocycles. The largest absolute Gasteiger partial charge is 0.573 e. The van der Waals surface area contributed by atoms with Crippen LogP contribution in [0.1, 0.15) is 35.4 Å². The molecule has 0 fully saturated rings. The summed E-state index contributed by atoms with van der Waals surface area (Å²) in [6.45, 7) is -0.0550. The number of nitrogens with one attached hydrogen (secondary N) is 2. The number of benzene rings is 3. The number of carboxylic acids is 1. The molecule has 3 aromatic carbocycles. The fourth-order valence-electron chi connectivity index (χ4n) is 4.44. The Kier molecular flexibility index (Phi) is 8.38. The zero-order chi connectivity index (χ0) is 28.0. The highest BCUT2D eigenvalue weighted by atomic mass is 19.4. The molecule has 0 saturated heterocycles. The molecule has 11 heteroatoms. The molecule has 3 aromatic rings. The number of carbonyl (C=O) groups excluding carboxylic acids is 2. The van der Waals surface area contributed by atoms with Crippen molar-refractivity contribution in [2.75, 3.05) is 6.61 Å². The Bertz CT molecular complexity index is 1300. The zero-order valence-corrected chi connectivity index (χ0v) is 20.5. The van der Waals surface area contributed by atoms with E-state index in [-0.39, 0.29) is 31.9 Å². The molecule has 4 rings (SSSR count). The molecule has 8 nitrogen and oxygen atoms in total. The van der Waals surface area contributed by atoms with Crippen LogP contribution in [0.5, 0.6) is 5.75 Å². The van der Waals surface area contributed by atoms with Crippen molar-refractivity contribution in [3.8, 4) is 16.9 Å². The van der Waals surface area contributed by atoms with Crippen LogP contribution in [0.25, 0.3) is 11.1 Å². The van der Waals surface area contributed by atoms with E-state index in [1.807, 2.05) is 48.5 Å². The van der Waals surface area contributed by atoms with E-state index in [1.165, 1.54) is 12.1 Å². The summed E-state index contributed by atoms with van der Waals surface area (Å²) in [6.07, 6.45) is -6.27. The van der Waals surface area contributed by atoms with Crippen LogP contribution < -0.4 is 15.4 Å². The first-order chi connectivity index (χ1) is 18.6. The van der Waals surface area contributed by atoms with E-state index in [2.05, 4.69) is 15.4 Å². The summed E-state index contributed by atoms with van der Waals surface area (Å²) < 4.78 is 46.3. The Morgan fingerprint density at radius 1 is 0.897 bits per heavy atom. The summed E-state index contributed by atoms with van der Waals surface area (Å²) in [5.41, 5.74) is 4.60. The average molecular weight is 543 g/mol. The number of alkyl halides is 3. The number of hydrogen-bond acceptors (Lipinski definition) is 5. The second kappa shape index (κ2) is 11.9. The molecular formula is C28H25F3N2O6. The van der Waals surface area contributed by atoms with E-state index in [0.717, 1.165) is 34.4 Å². The maximum Gasteiger partial charge on any atom is 0.573 e. The molecule has 0 unspecified atom stereocenters. The van der Waals surface area contributed by atoms with Crippen LogP contribution in [0.2, 0.25) is 0 Å². The van der Waals surface area contributed by atoms with Crippen molar-refractivity contribution in [2.45, 2.75) is 37.7 Å². The van der Waals surface area contributed by atoms with Gasteiger partial charge in [0.15, 0.2) is 0 Å². The Balaban J connectivity index is 1.35. The standard InChI is InChI=1S/C28H25F3N2O6/c29-28(30,31)39-18-11-9-17(10-12-18)15-32-26(36)24(13-14-25(34)35)33-27(37)38-16-23-21-7-3-1-5-19(21)20-6-2-4-8-22(20)23/h1-12,23-24H,13-16H2,(H,32,36)(H,33,37)(H,34,35)/t24-/m0/s1. The van der Waals surface area contributed by atoms with Gasteiger partial charge in [-0.25, -0.2) is 4.79 Å². The quantitative estimate of drug-likeness (QED) is 0.333. The van der Waals surface area contributed by atoms with Crippen molar-refractivity contribution in [1.29, 1.82) is 0 Å². The first-order valence-corrected chi connectivity index (χ1v) is 12.1. The number of aliphatic carboxylic acids is 1. The number of hydrogen-bond donors (Lipinski definition) is 3. The lowest BCUT2D eigenvalue weighted by molar-refractivity contribution is -0.274. The van der Waals surface area contributed by atoms with Crippen LogP contribution in [-0.4, -0.2) is 42.1 Å². The van der Waals surface area contributed by atoms with E-state index < -0.39 is 36.1 Å². The van der Waals surface area contributed by atoms with Gasteiger partial charge in [-0.15, -0.1) is 13.2 Å². The fourth-order valence-corrected chi connectivity index (χ4v) is 4.44. The molecule has 39 heavy (non-hydrogen) atoms. The van der Waals surface area contributed by atoms with Crippen LogP contribution in [0, 0.1) is 0 Å². The van der Waals surface area contributed by atoms with Gasteiger partial charge in [0.2, 0.25) is 5.91 Å². The molecular weight excluding hydrogens is 517 g/mol. The van der Waals surface area contributed by atoms with Crippen LogP contribution in [-0.2, 0) is 20.9 Å². The zero-order valence-electron chi connectivity index (χ0n) is 20.5. The average Bonchev–Trinajstić information content (AvgIpc) is 3.22. The lowest BCUT2D eigenvalue weighted by atomic mass is 9.98. The van der Waals surface area contributed by atoms with Gasteiger partial charge in [0.05, 0.1) is 0 Å². The summed E-state index contributed by atoms with van der Waals surface area (Å²) in [5, 5.41) is 14.0. The summed E-state index contributed by atoms with van der Waals surface area (Å²) in [4.78, 5) is 36.5. The van der Waals surface area contributed by atoms with Gasteiger partial charge in [-0.3, -0.25) is 9.59 Å². The Labute approximate surface area is 221 Å². The number of ether oxygens (including phenoxy) is 2. The molecule has 0 heterocycles. The van der Waals surface area contributed by atoms with E-state index in [0.29, 0.717) is 5.56 Å². The second-order valence-corrected chi connectivity index (χ2v) is 8.86. The molecule has 2 amide bonds. The number of alkyl carbamates (subject to hydrolysis) is 1. The minimum Gasteiger partial charge on any atom is -0.481 e. The van der Waals surface area contributed by atoms with Crippen LogP contribution >= 0.6 is 0 Å². The van der Waals surface area contributed by atoms with Crippen molar-refractivity contribution in [3.63, 3.8) is 0 Å². The Hall–Kier alpha value is -4.54. The number of amides is 2. The molecule has 0 spiro atoms. The van der Waals surface area contributed by atoms with Crippen molar-refractivity contribution >= 4 is 18.0 Å². The van der Waals surface area contributed by atoms with E-state index in [9.17, 15) is 27.6 Å². The molecule has 1 aliphatic rings. The molecule has 3 N–H and O–H groups in total. The number of rotatable bonds is 10. The summed E-state index contributed by atoms with van der Waals surface area (Å²) in [6, 6.07) is 19.3. The van der Waals surface area contributed by atoms with Crippen LogP contribution in [0.4, 0.5) is 18.0 Å². The third-order valence-electron chi connectivity index (χ3n) is 6.22.